The summed E-state index contributed by atoms with van der Waals surface area (Å²) in [4.78, 5) is 27.6. The number of likely N-dealkylation sites (tertiary alicyclic amines) is 1. The van der Waals surface area contributed by atoms with Crippen molar-refractivity contribution in [3.63, 3.8) is 0 Å². The van der Waals surface area contributed by atoms with E-state index in [1.807, 2.05) is 33.7 Å². The van der Waals surface area contributed by atoms with Gasteiger partial charge < -0.3 is 10.2 Å². The van der Waals surface area contributed by atoms with Crippen LogP contribution >= 0.6 is 0 Å². The molecule has 6 nitrogen and oxygen atoms in total. The zero-order chi connectivity index (χ0) is 18.9. The van der Waals surface area contributed by atoms with E-state index in [1.54, 1.807) is 4.57 Å². The van der Waals surface area contributed by atoms with Crippen molar-refractivity contribution in [2.75, 3.05) is 26.2 Å². The lowest BCUT2D eigenvalue weighted by Gasteiger charge is -2.39. The van der Waals surface area contributed by atoms with Crippen LogP contribution < -0.4 is 11.0 Å². The minimum absolute atomic E-state index is 0.000442. The highest BCUT2D eigenvalue weighted by Crippen LogP contribution is 2.37. The number of aromatic nitrogens is 2. The van der Waals surface area contributed by atoms with Crippen LogP contribution in [0.4, 0.5) is 0 Å². The van der Waals surface area contributed by atoms with Crippen molar-refractivity contribution in [1.82, 2.24) is 19.4 Å². The molecule has 6 heteroatoms. The minimum Gasteiger partial charge on any atom is -0.343 e. The van der Waals surface area contributed by atoms with Gasteiger partial charge in [-0.25, -0.2) is 4.79 Å². The lowest BCUT2D eigenvalue weighted by Crippen LogP contribution is -2.44. The van der Waals surface area contributed by atoms with Gasteiger partial charge in [0.2, 0.25) is 5.91 Å². The van der Waals surface area contributed by atoms with Crippen molar-refractivity contribution in [3.05, 3.63) is 34.7 Å². The van der Waals surface area contributed by atoms with Gasteiger partial charge in [-0.3, -0.25) is 13.9 Å². The number of hydrogen-bond donors (Lipinski definition) is 1. The topological polar surface area (TPSA) is 59.3 Å². The second-order valence-corrected chi connectivity index (χ2v) is 8.13. The quantitative estimate of drug-likeness (QED) is 0.878. The molecule has 0 saturated carbocycles. The third-order valence-electron chi connectivity index (χ3n) is 6.43. The lowest BCUT2D eigenvalue weighted by molar-refractivity contribution is -0.133. The highest BCUT2D eigenvalue weighted by atomic mass is 16.2. The number of piperidine rings is 1. The molecule has 1 amide bonds. The molecular weight excluding hydrogens is 340 g/mol. The average molecular weight is 370 g/mol. The van der Waals surface area contributed by atoms with E-state index in [0.29, 0.717) is 24.9 Å². The number of carbonyl (C=O) groups excluding carboxylic acids is 1. The molecule has 0 aliphatic carbocycles. The molecule has 4 rings (SSSR count). The van der Waals surface area contributed by atoms with Crippen molar-refractivity contribution < 1.29 is 4.79 Å². The fraction of sp³-hybridized carbons (Fsp3) is 0.619. The van der Waals surface area contributed by atoms with E-state index >= 15 is 0 Å². The molecule has 3 heterocycles. The van der Waals surface area contributed by atoms with E-state index in [-0.39, 0.29) is 11.6 Å². The molecule has 1 aromatic heterocycles. The highest BCUT2D eigenvalue weighted by Gasteiger charge is 2.37. The van der Waals surface area contributed by atoms with E-state index in [0.717, 1.165) is 56.5 Å². The van der Waals surface area contributed by atoms with Gasteiger partial charge in [0.15, 0.2) is 0 Å². The van der Waals surface area contributed by atoms with E-state index in [4.69, 9.17) is 0 Å². The standard InChI is InChI=1S/C21H30N4O2/c1-2-12-24-17-5-3-4-6-18(17)25(20(24)27)13-7-19(26)23-14-9-21(10-15-23)8-11-22-16-21/h3-6,22H,2,7-16H2,1H3. The van der Waals surface area contributed by atoms with E-state index in [1.165, 1.54) is 6.42 Å². The third-order valence-corrected chi connectivity index (χ3v) is 6.43. The Bertz CT molecular complexity index is 866. The Kier molecular flexibility index (Phi) is 5.08. The highest BCUT2D eigenvalue weighted by molar-refractivity contribution is 5.78. The molecule has 2 saturated heterocycles. The third kappa shape index (κ3) is 3.43. The molecule has 0 unspecified atom stereocenters. The Labute approximate surface area is 160 Å². The number of hydrogen-bond acceptors (Lipinski definition) is 3. The Morgan fingerprint density at radius 3 is 2.33 bits per heavy atom. The van der Waals surface area contributed by atoms with Crippen LogP contribution in [0.1, 0.15) is 39.0 Å². The number of benzene rings is 1. The van der Waals surface area contributed by atoms with Crippen LogP contribution in [0.5, 0.6) is 0 Å². The number of amides is 1. The second kappa shape index (κ2) is 7.50. The lowest BCUT2D eigenvalue weighted by atomic mass is 9.78. The molecule has 2 aromatic rings. The smallest absolute Gasteiger partial charge is 0.329 e. The van der Waals surface area contributed by atoms with Crippen molar-refractivity contribution in [2.24, 2.45) is 5.41 Å². The molecule has 0 bridgehead atoms. The first-order chi connectivity index (χ1) is 13.1. The first-order valence-electron chi connectivity index (χ1n) is 10.3. The summed E-state index contributed by atoms with van der Waals surface area (Å²) in [5.74, 6) is 0.176. The number of para-hydroxylation sites is 2. The van der Waals surface area contributed by atoms with Gasteiger partial charge in [-0.05, 0) is 49.8 Å². The number of imidazole rings is 1. The molecule has 0 radical (unpaired) electrons. The van der Waals surface area contributed by atoms with Crippen LogP contribution in [0.3, 0.4) is 0 Å². The molecule has 2 aliphatic heterocycles. The van der Waals surface area contributed by atoms with Crippen LogP contribution in [0.25, 0.3) is 11.0 Å². The fourth-order valence-corrected chi connectivity index (χ4v) is 4.75. The molecule has 146 valence electrons. The minimum atomic E-state index is 0.000442. The predicted molar refractivity (Wildman–Crippen MR) is 107 cm³/mol. The number of nitrogens with one attached hydrogen (secondary N) is 1. The van der Waals surface area contributed by atoms with Gasteiger partial charge in [-0.15, -0.1) is 0 Å². The molecule has 1 spiro atoms. The van der Waals surface area contributed by atoms with E-state index < -0.39 is 0 Å². The normalized spacial score (nSPS) is 19.2. The van der Waals surface area contributed by atoms with Gasteiger partial charge >= 0.3 is 5.69 Å². The second-order valence-electron chi connectivity index (χ2n) is 8.13. The number of rotatable bonds is 5. The molecule has 27 heavy (non-hydrogen) atoms. The maximum absolute atomic E-state index is 12.8. The van der Waals surface area contributed by atoms with E-state index in [2.05, 4.69) is 12.2 Å². The summed E-state index contributed by atoms with van der Waals surface area (Å²) in [7, 11) is 0. The summed E-state index contributed by atoms with van der Waals surface area (Å²) in [6.07, 6.45) is 4.74. The Hall–Kier alpha value is -2.08. The molecule has 2 aliphatic rings. The van der Waals surface area contributed by atoms with Gasteiger partial charge in [0.25, 0.3) is 0 Å². The molecular formula is C21H30N4O2. The van der Waals surface area contributed by atoms with Crippen molar-refractivity contribution >= 4 is 16.9 Å². The fourth-order valence-electron chi connectivity index (χ4n) is 4.75. The zero-order valence-corrected chi connectivity index (χ0v) is 16.2. The Morgan fingerprint density at radius 1 is 1.07 bits per heavy atom. The van der Waals surface area contributed by atoms with Gasteiger partial charge in [-0.1, -0.05) is 19.1 Å². The van der Waals surface area contributed by atoms with Crippen LogP contribution in [-0.4, -0.2) is 46.1 Å². The monoisotopic (exact) mass is 370 g/mol. The Balaban J connectivity index is 1.44. The van der Waals surface area contributed by atoms with Crippen LogP contribution in [0.15, 0.2) is 29.1 Å². The number of fused-ring (bicyclic) bond motifs is 1. The largest absolute Gasteiger partial charge is 0.343 e. The maximum atomic E-state index is 12.8. The summed E-state index contributed by atoms with van der Waals surface area (Å²) in [5.41, 5.74) is 2.31. The number of nitrogens with zero attached hydrogens (tertiary/aromatic N) is 3. The van der Waals surface area contributed by atoms with Gasteiger partial charge in [0, 0.05) is 39.1 Å². The van der Waals surface area contributed by atoms with Crippen LogP contribution in [0.2, 0.25) is 0 Å². The van der Waals surface area contributed by atoms with Crippen LogP contribution in [-0.2, 0) is 17.9 Å². The maximum Gasteiger partial charge on any atom is 0.329 e. The first kappa shape index (κ1) is 18.3. The summed E-state index contributed by atoms with van der Waals surface area (Å²) < 4.78 is 3.60. The first-order valence-corrected chi connectivity index (χ1v) is 10.3. The molecule has 1 aromatic carbocycles. The van der Waals surface area contributed by atoms with Crippen molar-refractivity contribution in [1.29, 1.82) is 0 Å². The number of carbonyl (C=O) groups is 1. The van der Waals surface area contributed by atoms with E-state index in [9.17, 15) is 9.59 Å². The molecule has 1 N–H and O–H groups in total. The SMILES string of the molecule is CCCn1c(=O)n(CCC(=O)N2CCC3(CCNC3)CC2)c2ccccc21. The summed E-state index contributed by atoms with van der Waals surface area (Å²) in [6.45, 7) is 7.16. The Morgan fingerprint density at radius 2 is 1.74 bits per heavy atom. The molecule has 0 atom stereocenters. The molecule has 2 fully saturated rings. The van der Waals surface area contributed by atoms with Gasteiger partial charge in [-0.2, -0.15) is 0 Å². The predicted octanol–water partition coefficient (Wildman–Crippen LogP) is 2.21. The number of aryl methyl sites for hydroxylation is 2. The van der Waals surface area contributed by atoms with Gasteiger partial charge in [0.1, 0.15) is 0 Å². The summed E-state index contributed by atoms with van der Waals surface area (Å²) >= 11 is 0. The van der Waals surface area contributed by atoms with Crippen LogP contribution in [0, 0.1) is 5.41 Å². The average Bonchev–Trinajstić information content (AvgIpc) is 3.24. The van der Waals surface area contributed by atoms with Crippen molar-refractivity contribution in [3.8, 4) is 0 Å². The summed E-state index contributed by atoms with van der Waals surface area (Å²) in [5, 5.41) is 3.47. The zero-order valence-electron chi connectivity index (χ0n) is 16.2. The van der Waals surface area contributed by atoms with Crippen molar-refractivity contribution in [2.45, 2.75) is 52.1 Å². The summed E-state index contributed by atoms with van der Waals surface area (Å²) in [6, 6.07) is 7.89. The van der Waals surface area contributed by atoms with Gasteiger partial charge in [0.05, 0.1) is 11.0 Å².